The lowest BCUT2D eigenvalue weighted by Crippen LogP contribution is -2.58. The lowest BCUT2D eigenvalue weighted by atomic mass is 9.75. The number of ether oxygens (including phenoxy) is 1. The molecule has 35 heavy (non-hydrogen) atoms. The molecule has 3 aromatic rings. The zero-order chi connectivity index (χ0) is 24.4. The van der Waals surface area contributed by atoms with Crippen molar-refractivity contribution < 1.29 is 19.1 Å². The Bertz CT molecular complexity index is 1210. The summed E-state index contributed by atoms with van der Waals surface area (Å²) >= 11 is 0. The largest absolute Gasteiger partial charge is 0.422 e. The smallest absolute Gasteiger partial charge is 0.418 e. The van der Waals surface area contributed by atoms with E-state index >= 15 is 0 Å². The van der Waals surface area contributed by atoms with E-state index in [-0.39, 0.29) is 12.5 Å². The van der Waals surface area contributed by atoms with Crippen LogP contribution in [0.5, 0.6) is 0 Å². The van der Waals surface area contributed by atoms with Crippen LogP contribution in [0.3, 0.4) is 0 Å². The number of carbonyl (C=O) groups is 3. The Labute approximate surface area is 204 Å². The van der Waals surface area contributed by atoms with Crippen LogP contribution in [0.25, 0.3) is 0 Å². The number of nitrogens with zero attached hydrogens (tertiary/aromatic N) is 1. The van der Waals surface area contributed by atoms with Crippen LogP contribution < -0.4 is 5.32 Å². The van der Waals surface area contributed by atoms with Gasteiger partial charge in [0.15, 0.2) is 0 Å². The molecule has 5 rings (SSSR count). The molecular formula is C29H28N2O4. The van der Waals surface area contributed by atoms with Crippen molar-refractivity contribution in [1.29, 1.82) is 0 Å². The summed E-state index contributed by atoms with van der Waals surface area (Å²) in [4.78, 5) is 41.5. The summed E-state index contributed by atoms with van der Waals surface area (Å²) in [6, 6.07) is 28.0. The summed E-state index contributed by atoms with van der Waals surface area (Å²) in [7, 11) is 0. The van der Waals surface area contributed by atoms with Crippen molar-refractivity contribution in [2.75, 3.05) is 0 Å². The first-order valence-corrected chi connectivity index (χ1v) is 12.0. The number of rotatable bonds is 7. The highest BCUT2D eigenvalue weighted by molar-refractivity contribution is 6.17. The minimum absolute atomic E-state index is 0.0168. The topological polar surface area (TPSA) is 75.7 Å². The van der Waals surface area contributed by atoms with Gasteiger partial charge in [0.2, 0.25) is 0 Å². The average molecular weight is 469 g/mol. The molecule has 0 unspecified atom stereocenters. The molecule has 1 saturated carbocycles. The highest BCUT2D eigenvalue weighted by Gasteiger charge is 2.61. The van der Waals surface area contributed by atoms with Crippen LogP contribution in [0.4, 0.5) is 4.79 Å². The van der Waals surface area contributed by atoms with Gasteiger partial charge in [-0.1, -0.05) is 91.0 Å². The quantitative estimate of drug-likeness (QED) is 0.507. The van der Waals surface area contributed by atoms with Crippen molar-refractivity contribution >= 4 is 17.9 Å². The van der Waals surface area contributed by atoms with Gasteiger partial charge in [0.1, 0.15) is 0 Å². The van der Waals surface area contributed by atoms with Crippen molar-refractivity contribution in [3.8, 4) is 0 Å². The van der Waals surface area contributed by atoms with Gasteiger partial charge in [0.05, 0.1) is 6.04 Å². The minimum atomic E-state index is -1.93. The maximum Gasteiger partial charge on any atom is 0.418 e. The number of hydrogen-bond acceptors (Lipinski definition) is 4. The number of nitrogens with one attached hydrogen (secondary N) is 1. The van der Waals surface area contributed by atoms with Crippen LogP contribution in [-0.2, 0) is 20.7 Å². The predicted molar refractivity (Wildman–Crippen MR) is 131 cm³/mol. The van der Waals surface area contributed by atoms with E-state index in [1.165, 1.54) is 5.56 Å². The first-order chi connectivity index (χ1) is 17.0. The molecule has 3 amide bonds. The number of benzene rings is 3. The van der Waals surface area contributed by atoms with Gasteiger partial charge in [-0.2, -0.15) is 0 Å². The SMILES string of the molecule is C[C@H](c1ccccc1)N1C(=O)O[C@](Cc2ccccc2)(C(=O)N[C@H]2C[C@H](c3ccccc3)C2)C1=O. The van der Waals surface area contributed by atoms with E-state index < -0.39 is 29.6 Å². The lowest BCUT2D eigenvalue weighted by Gasteiger charge is -2.38. The molecule has 2 aliphatic rings. The molecule has 0 aromatic heterocycles. The summed E-state index contributed by atoms with van der Waals surface area (Å²) in [5, 5.41) is 3.01. The fourth-order valence-corrected chi connectivity index (χ4v) is 4.99. The molecule has 178 valence electrons. The van der Waals surface area contributed by atoms with Crippen molar-refractivity contribution in [3.63, 3.8) is 0 Å². The Balaban J connectivity index is 1.38. The summed E-state index contributed by atoms with van der Waals surface area (Å²) < 4.78 is 5.69. The van der Waals surface area contributed by atoms with Crippen LogP contribution in [0.2, 0.25) is 0 Å². The highest BCUT2D eigenvalue weighted by atomic mass is 16.6. The summed E-state index contributed by atoms with van der Waals surface area (Å²) in [5.41, 5.74) is 0.842. The van der Waals surface area contributed by atoms with E-state index in [4.69, 9.17) is 4.74 Å². The zero-order valence-electron chi connectivity index (χ0n) is 19.6. The van der Waals surface area contributed by atoms with E-state index in [1.807, 2.05) is 78.9 Å². The van der Waals surface area contributed by atoms with Gasteiger partial charge >= 0.3 is 6.09 Å². The molecule has 1 heterocycles. The molecule has 1 saturated heterocycles. The van der Waals surface area contributed by atoms with Gasteiger partial charge in [-0.3, -0.25) is 9.59 Å². The molecule has 1 aliphatic carbocycles. The Morgan fingerprint density at radius 1 is 0.943 bits per heavy atom. The molecular weight excluding hydrogens is 440 g/mol. The number of hydrogen-bond donors (Lipinski definition) is 1. The van der Waals surface area contributed by atoms with Crippen molar-refractivity contribution in [2.24, 2.45) is 0 Å². The van der Waals surface area contributed by atoms with E-state index in [9.17, 15) is 14.4 Å². The molecule has 1 N–H and O–H groups in total. The average Bonchev–Trinajstić information content (AvgIpc) is 3.12. The maximum atomic E-state index is 13.8. The molecule has 0 radical (unpaired) electrons. The maximum absolute atomic E-state index is 13.8. The number of imide groups is 1. The normalized spacial score (nSPS) is 24.4. The van der Waals surface area contributed by atoms with E-state index in [0.717, 1.165) is 28.9 Å². The number of amides is 3. The third-order valence-corrected chi connectivity index (χ3v) is 7.10. The molecule has 1 aliphatic heterocycles. The van der Waals surface area contributed by atoms with Crippen molar-refractivity contribution in [3.05, 3.63) is 108 Å². The first-order valence-electron chi connectivity index (χ1n) is 12.0. The number of carbonyl (C=O) groups excluding carboxylic acids is 3. The monoisotopic (exact) mass is 468 g/mol. The van der Waals surface area contributed by atoms with Crippen LogP contribution >= 0.6 is 0 Å². The highest BCUT2D eigenvalue weighted by Crippen LogP contribution is 2.39. The minimum Gasteiger partial charge on any atom is -0.422 e. The van der Waals surface area contributed by atoms with E-state index in [0.29, 0.717) is 5.92 Å². The molecule has 0 bridgehead atoms. The molecule has 0 spiro atoms. The second-order valence-corrected chi connectivity index (χ2v) is 9.37. The Morgan fingerprint density at radius 2 is 1.51 bits per heavy atom. The third kappa shape index (κ3) is 4.32. The van der Waals surface area contributed by atoms with Gasteiger partial charge in [-0.25, -0.2) is 9.69 Å². The fraction of sp³-hybridized carbons (Fsp3) is 0.276. The standard InChI is InChI=1S/C29H28N2O4/c1-20(22-13-7-3-8-14-22)31-27(33)29(35-28(31)34,19-21-11-5-2-6-12-21)26(32)30-25-17-24(18-25)23-15-9-4-10-16-23/h2-16,20,24-25H,17-19H2,1H3,(H,30,32)/t20-,24-,25-,29-/m1/s1. The van der Waals surface area contributed by atoms with Gasteiger partial charge in [0, 0.05) is 12.5 Å². The van der Waals surface area contributed by atoms with Crippen LogP contribution in [0.1, 0.15) is 48.4 Å². The van der Waals surface area contributed by atoms with E-state index in [1.54, 1.807) is 6.92 Å². The fourth-order valence-electron chi connectivity index (χ4n) is 4.99. The van der Waals surface area contributed by atoms with Gasteiger partial charge < -0.3 is 10.1 Å². The van der Waals surface area contributed by atoms with E-state index in [2.05, 4.69) is 17.4 Å². The van der Waals surface area contributed by atoms with Crippen molar-refractivity contribution in [1.82, 2.24) is 10.2 Å². The van der Waals surface area contributed by atoms with Crippen LogP contribution in [-0.4, -0.2) is 34.5 Å². The summed E-state index contributed by atoms with van der Waals surface area (Å²) in [6.45, 7) is 1.77. The Morgan fingerprint density at radius 3 is 2.14 bits per heavy atom. The molecule has 6 nitrogen and oxygen atoms in total. The Hall–Kier alpha value is -3.93. The number of cyclic esters (lactones) is 1. The Kier molecular flexibility index (Phi) is 6.12. The lowest BCUT2D eigenvalue weighted by molar-refractivity contribution is -0.150. The second-order valence-electron chi connectivity index (χ2n) is 9.37. The third-order valence-electron chi connectivity index (χ3n) is 7.10. The van der Waals surface area contributed by atoms with Crippen LogP contribution in [0, 0.1) is 0 Å². The summed E-state index contributed by atoms with van der Waals surface area (Å²) in [5.74, 6) is -0.818. The molecule has 2 fully saturated rings. The second kappa shape index (κ2) is 9.37. The first kappa shape index (κ1) is 22.8. The summed E-state index contributed by atoms with van der Waals surface area (Å²) in [6.07, 6.45) is 0.748. The zero-order valence-corrected chi connectivity index (χ0v) is 19.6. The van der Waals surface area contributed by atoms with Gasteiger partial charge in [-0.05, 0) is 42.4 Å². The van der Waals surface area contributed by atoms with Crippen molar-refractivity contribution in [2.45, 2.75) is 49.8 Å². The molecule has 6 heteroatoms. The van der Waals surface area contributed by atoms with Gasteiger partial charge in [-0.15, -0.1) is 0 Å². The molecule has 3 aromatic carbocycles. The molecule has 2 atom stereocenters. The predicted octanol–water partition coefficient (Wildman–Crippen LogP) is 4.77. The van der Waals surface area contributed by atoms with Crippen LogP contribution in [0.15, 0.2) is 91.0 Å². The van der Waals surface area contributed by atoms with Gasteiger partial charge in [0.25, 0.3) is 17.4 Å².